The van der Waals surface area contributed by atoms with Crippen molar-refractivity contribution in [2.75, 3.05) is 6.54 Å². The molecule has 1 N–H and O–H groups in total. The molecule has 23 heavy (non-hydrogen) atoms. The van der Waals surface area contributed by atoms with Gasteiger partial charge in [0.2, 0.25) is 5.91 Å². The average Bonchev–Trinajstić information content (AvgIpc) is 2.92. The largest absolute Gasteiger partial charge is 0.478 e. The Morgan fingerprint density at radius 1 is 1.30 bits per heavy atom. The van der Waals surface area contributed by atoms with Gasteiger partial charge in [0.1, 0.15) is 6.07 Å². The van der Waals surface area contributed by atoms with E-state index in [0.29, 0.717) is 30.9 Å². The van der Waals surface area contributed by atoms with Crippen molar-refractivity contribution >= 4 is 11.9 Å². The predicted molar refractivity (Wildman–Crippen MR) is 80.0 cm³/mol. The highest BCUT2D eigenvalue weighted by Crippen LogP contribution is 2.25. The minimum atomic E-state index is -0.992. The number of carboxylic acid groups (broad SMARTS) is 1. The fourth-order valence-electron chi connectivity index (χ4n) is 2.74. The van der Waals surface area contributed by atoms with Gasteiger partial charge in [-0.05, 0) is 24.3 Å². The summed E-state index contributed by atoms with van der Waals surface area (Å²) in [5.74, 6) is -1.02. The quantitative estimate of drug-likeness (QED) is 0.902. The number of rotatable bonds is 2. The Kier molecular flexibility index (Phi) is 3.58. The van der Waals surface area contributed by atoms with Crippen LogP contribution in [0.4, 0.5) is 0 Å². The van der Waals surface area contributed by atoms with Crippen molar-refractivity contribution in [3.63, 3.8) is 0 Å². The van der Waals surface area contributed by atoms with Crippen LogP contribution in [-0.4, -0.2) is 38.2 Å². The van der Waals surface area contributed by atoms with E-state index >= 15 is 0 Å². The van der Waals surface area contributed by atoms with E-state index in [0.717, 1.165) is 11.3 Å². The summed E-state index contributed by atoms with van der Waals surface area (Å²) >= 11 is 0. The van der Waals surface area contributed by atoms with E-state index in [1.807, 2.05) is 0 Å². The van der Waals surface area contributed by atoms with Gasteiger partial charge in [-0.1, -0.05) is 0 Å². The first-order valence-electron chi connectivity index (χ1n) is 7.11. The van der Waals surface area contributed by atoms with E-state index in [9.17, 15) is 14.9 Å². The Balaban J connectivity index is 2.04. The second-order valence-electron chi connectivity index (χ2n) is 5.34. The van der Waals surface area contributed by atoms with E-state index in [1.54, 1.807) is 21.7 Å². The minimum absolute atomic E-state index is 0.0295. The zero-order valence-corrected chi connectivity index (χ0v) is 12.5. The van der Waals surface area contributed by atoms with Gasteiger partial charge in [0.05, 0.1) is 23.5 Å². The van der Waals surface area contributed by atoms with Gasteiger partial charge >= 0.3 is 5.97 Å². The Bertz CT molecular complexity index is 830. The van der Waals surface area contributed by atoms with Gasteiger partial charge in [-0.25, -0.2) is 9.48 Å². The fraction of sp³-hybridized carbons (Fsp3) is 0.250. The van der Waals surface area contributed by atoms with Gasteiger partial charge in [-0.3, -0.25) is 4.79 Å². The average molecular weight is 310 g/mol. The molecule has 1 aliphatic heterocycles. The van der Waals surface area contributed by atoms with Gasteiger partial charge in [-0.15, -0.1) is 0 Å². The summed E-state index contributed by atoms with van der Waals surface area (Å²) in [7, 11) is 0. The number of amides is 1. The molecule has 0 fully saturated rings. The first kappa shape index (κ1) is 14.8. The number of aromatic nitrogens is 2. The van der Waals surface area contributed by atoms with Crippen LogP contribution in [0.1, 0.15) is 34.2 Å². The van der Waals surface area contributed by atoms with E-state index < -0.39 is 5.97 Å². The Labute approximate surface area is 132 Å². The zero-order chi connectivity index (χ0) is 16.6. The van der Waals surface area contributed by atoms with Crippen molar-refractivity contribution < 1.29 is 14.7 Å². The molecule has 1 amide bonds. The van der Waals surface area contributed by atoms with Gasteiger partial charge in [0.25, 0.3) is 0 Å². The lowest BCUT2D eigenvalue weighted by Crippen LogP contribution is -2.34. The molecule has 7 nitrogen and oxygen atoms in total. The molecule has 1 aromatic carbocycles. The first-order chi connectivity index (χ1) is 11.0. The lowest BCUT2D eigenvalue weighted by Gasteiger charge is -2.26. The number of hydrogen-bond acceptors (Lipinski definition) is 4. The molecule has 1 aromatic heterocycles. The monoisotopic (exact) mass is 310 g/mol. The van der Waals surface area contributed by atoms with Crippen molar-refractivity contribution in [2.45, 2.75) is 19.9 Å². The maximum absolute atomic E-state index is 11.5. The smallest absolute Gasteiger partial charge is 0.335 e. The highest BCUT2D eigenvalue weighted by molar-refractivity contribution is 5.87. The summed E-state index contributed by atoms with van der Waals surface area (Å²) in [5.41, 5.74) is 2.84. The van der Waals surface area contributed by atoms with Crippen molar-refractivity contribution in [1.82, 2.24) is 14.7 Å². The van der Waals surface area contributed by atoms with Crippen LogP contribution in [0.5, 0.6) is 0 Å². The molecule has 0 unspecified atom stereocenters. The van der Waals surface area contributed by atoms with Crippen molar-refractivity contribution in [2.24, 2.45) is 0 Å². The number of carbonyl (C=O) groups excluding carboxylic acids is 1. The van der Waals surface area contributed by atoms with Crippen LogP contribution in [-0.2, 0) is 17.8 Å². The molecule has 7 heteroatoms. The van der Waals surface area contributed by atoms with Crippen LogP contribution in [0.2, 0.25) is 0 Å². The molecule has 0 saturated heterocycles. The number of carboxylic acids is 1. The van der Waals surface area contributed by atoms with Crippen LogP contribution in [0.25, 0.3) is 5.69 Å². The Morgan fingerprint density at radius 3 is 2.57 bits per heavy atom. The number of aromatic carboxylic acids is 1. The number of hydrogen-bond donors (Lipinski definition) is 1. The normalized spacial score (nSPS) is 13.3. The Hall–Kier alpha value is -3.14. The molecule has 3 rings (SSSR count). The molecule has 0 spiro atoms. The van der Waals surface area contributed by atoms with E-state index in [2.05, 4.69) is 11.2 Å². The molecular formula is C16H14N4O3. The molecule has 1 aliphatic rings. The van der Waals surface area contributed by atoms with Crippen LogP contribution < -0.4 is 0 Å². The third-order valence-corrected chi connectivity index (χ3v) is 3.97. The number of nitriles is 1. The third-order valence-electron chi connectivity index (χ3n) is 3.97. The molecule has 0 bridgehead atoms. The summed E-state index contributed by atoms with van der Waals surface area (Å²) in [5, 5.41) is 22.6. The highest BCUT2D eigenvalue weighted by Gasteiger charge is 2.26. The van der Waals surface area contributed by atoms with E-state index in [1.165, 1.54) is 19.1 Å². The van der Waals surface area contributed by atoms with Gasteiger partial charge in [0.15, 0.2) is 5.69 Å². The predicted octanol–water partition coefficient (Wildman–Crippen LogP) is 1.35. The summed E-state index contributed by atoms with van der Waals surface area (Å²) in [6, 6.07) is 8.40. The summed E-state index contributed by atoms with van der Waals surface area (Å²) in [6.45, 7) is 2.46. The molecule has 0 radical (unpaired) electrons. The first-order valence-corrected chi connectivity index (χ1v) is 7.11. The number of fused-ring (bicyclic) bond motifs is 1. The minimum Gasteiger partial charge on any atom is -0.478 e. The van der Waals surface area contributed by atoms with Crippen LogP contribution in [0.3, 0.4) is 0 Å². The second kappa shape index (κ2) is 5.57. The fourth-order valence-corrected chi connectivity index (χ4v) is 2.74. The van der Waals surface area contributed by atoms with Crippen LogP contribution in [0, 0.1) is 11.3 Å². The van der Waals surface area contributed by atoms with Crippen molar-refractivity contribution in [3.05, 3.63) is 46.8 Å². The van der Waals surface area contributed by atoms with Gasteiger partial charge in [0, 0.05) is 25.5 Å². The summed E-state index contributed by atoms with van der Waals surface area (Å²) in [6.07, 6.45) is 0.601. The van der Waals surface area contributed by atoms with Crippen LogP contribution >= 0.6 is 0 Å². The van der Waals surface area contributed by atoms with Crippen molar-refractivity contribution in [3.8, 4) is 11.8 Å². The molecule has 0 aliphatic carbocycles. The molecule has 116 valence electrons. The zero-order valence-electron chi connectivity index (χ0n) is 12.5. The van der Waals surface area contributed by atoms with E-state index in [-0.39, 0.29) is 11.5 Å². The molecule has 0 atom stereocenters. The maximum atomic E-state index is 11.5. The van der Waals surface area contributed by atoms with Gasteiger partial charge in [-0.2, -0.15) is 10.4 Å². The second-order valence-corrected chi connectivity index (χ2v) is 5.34. The lowest BCUT2D eigenvalue weighted by molar-refractivity contribution is -0.129. The Morgan fingerprint density at radius 2 is 2.00 bits per heavy atom. The standard InChI is InChI=1S/C16H14N4O3/c1-10(21)19-7-6-15-13(9-19)14(8-17)18-20(15)12-4-2-11(3-5-12)16(22)23/h2-5H,6-7,9H2,1H3,(H,22,23). The summed E-state index contributed by atoms with van der Waals surface area (Å²) in [4.78, 5) is 24.2. The van der Waals surface area contributed by atoms with Crippen molar-refractivity contribution in [1.29, 1.82) is 5.26 Å². The number of nitrogens with zero attached hydrogens (tertiary/aromatic N) is 4. The SMILES string of the molecule is CC(=O)N1CCc2c(c(C#N)nn2-c2ccc(C(=O)O)cc2)C1. The summed E-state index contributed by atoms with van der Waals surface area (Å²) < 4.78 is 1.66. The topological polar surface area (TPSA) is 99.2 Å². The molecular weight excluding hydrogens is 296 g/mol. The maximum Gasteiger partial charge on any atom is 0.335 e. The van der Waals surface area contributed by atoms with Gasteiger partial charge < -0.3 is 10.0 Å². The highest BCUT2D eigenvalue weighted by atomic mass is 16.4. The van der Waals surface area contributed by atoms with E-state index in [4.69, 9.17) is 5.11 Å². The number of benzene rings is 1. The molecule has 2 aromatic rings. The molecule has 2 heterocycles. The van der Waals surface area contributed by atoms with Crippen LogP contribution in [0.15, 0.2) is 24.3 Å². The third kappa shape index (κ3) is 2.55. The number of carbonyl (C=O) groups is 2. The lowest BCUT2D eigenvalue weighted by atomic mass is 10.1. The molecule has 0 saturated carbocycles.